The van der Waals surface area contributed by atoms with E-state index in [0.717, 1.165) is 16.8 Å². The molecule has 0 radical (unpaired) electrons. The lowest BCUT2D eigenvalue weighted by atomic mass is 10.2. The summed E-state index contributed by atoms with van der Waals surface area (Å²) in [4.78, 5) is 11.9. The Kier molecular flexibility index (Phi) is 5.25. The molecule has 1 aliphatic heterocycles. The topological polar surface area (TPSA) is 29.1 Å². The van der Waals surface area contributed by atoms with Gasteiger partial charge >= 0.3 is 0 Å². The van der Waals surface area contributed by atoms with E-state index in [0.29, 0.717) is 10.8 Å². The van der Waals surface area contributed by atoms with E-state index >= 15 is 0 Å². The average Bonchev–Trinajstić information content (AvgIpc) is 2.37. The van der Waals surface area contributed by atoms with Gasteiger partial charge in [-0.15, -0.1) is 0 Å². The molecule has 0 aliphatic carbocycles. The second kappa shape index (κ2) is 6.71. The number of rotatable bonds is 3. The molecule has 1 aromatic carbocycles. The minimum absolute atomic E-state index is 0.0162. The van der Waals surface area contributed by atoms with Gasteiger partial charge in [0, 0.05) is 39.1 Å². The zero-order chi connectivity index (χ0) is 12.1. The number of hydrogen-bond donors (Lipinski definition) is 1. The molecule has 0 bridgehead atoms. The number of hydrogen-bond acceptors (Lipinski definition) is 3. The number of benzene rings is 1. The summed E-state index contributed by atoms with van der Waals surface area (Å²) in [7, 11) is 0. The first-order valence-electron chi connectivity index (χ1n) is 5.49. The first-order valence-corrected chi connectivity index (χ1v) is 8.48. The van der Waals surface area contributed by atoms with Crippen molar-refractivity contribution in [3.05, 3.63) is 34.3 Å². The van der Waals surface area contributed by atoms with Gasteiger partial charge in [0.05, 0.1) is 0 Å². The summed E-state index contributed by atoms with van der Waals surface area (Å²) >= 11 is 7.30. The largest absolute Gasteiger partial charge is 0.351 e. The summed E-state index contributed by atoms with van der Waals surface area (Å²) in [6, 6.07) is 7.48. The lowest BCUT2D eigenvalue weighted by Crippen LogP contribution is -2.33. The van der Waals surface area contributed by atoms with Crippen LogP contribution in [0, 0.1) is 0 Å². The number of nitrogens with one attached hydrogen (secondary N) is 1. The Bertz CT molecular complexity index is 394. The van der Waals surface area contributed by atoms with Crippen molar-refractivity contribution >= 4 is 45.4 Å². The summed E-state index contributed by atoms with van der Waals surface area (Å²) < 4.78 is 0.938. The van der Waals surface area contributed by atoms with Crippen LogP contribution in [0.3, 0.4) is 0 Å². The highest BCUT2D eigenvalue weighted by Gasteiger charge is 2.15. The van der Waals surface area contributed by atoms with Gasteiger partial charge in [0.15, 0.2) is 0 Å². The van der Waals surface area contributed by atoms with Crippen LogP contribution in [0.2, 0.25) is 0 Å². The zero-order valence-electron chi connectivity index (χ0n) is 9.32. The van der Waals surface area contributed by atoms with E-state index in [1.807, 2.05) is 47.8 Å². The number of thioether (sulfide) groups is 2. The number of carbonyl (C=O) groups is 1. The number of amides is 1. The van der Waals surface area contributed by atoms with Gasteiger partial charge in [0.1, 0.15) is 0 Å². The standard InChI is InChI=1S/C12H14BrNOS2/c13-10-3-1-2-9(6-10)12(15)14-7-11-8-16-4-5-17-11/h1-3,6,11H,4-5,7-8H2,(H,14,15). The second-order valence-corrected chi connectivity index (χ2v) is 7.26. The smallest absolute Gasteiger partial charge is 0.251 e. The Labute approximate surface area is 118 Å². The van der Waals surface area contributed by atoms with Gasteiger partial charge in [-0.25, -0.2) is 0 Å². The third-order valence-electron chi connectivity index (χ3n) is 2.46. The van der Waals surface area contributed by atoms with E-state index in [2.05, 4.69) is 21.2 Å². The fraction of sp³-hybridized carbons (Fsp3) is 0.417. The van der Waals surface area contributed by atoms with Crippen LogP contribution in [-0.4, -0.2) is 35.0 Å². The van der Waals surface area contributed by atoms with Crippen molar-refractivity contribution in [2.24, 2.45) is 0 Å². The molecule has 1 amide bonds. The number of halogens is 1. The lowest BCUT2D eigenvalue weighted by molar-refractivity contribution is 0.0954. The highest BCUT2D eigenvalue weighted by Crippen LogP contribution is 2.23. The van der Waals surface area contributed by atoms with Crippen molar-refractivity contribution in [3.8, 4) is 0 Å². The first kappa shape index (κ1) is 13.3. The molecular formula is C12H14BrNOS2. The van der Waals surface area contributed by atoms with E-state index in [1.165, 1.54) is 11.5 Å². The van der Waals surface area contributed by atoms with E-state index in [-0.39, 0.29) is 5.91 Å². The summed E-state index contributed by atoms with van der Waals surface area (Å²) in [5, 5.41) is 3.56. The predicted molar refractivity (Wildman–Crippen MR) is 80.0 cm³/mol. The van der Waals surface area contributed by atoms with Crippen LogP contribution < -0.4 is 5.32 Å². The quantitative estimate of drug-likeness (QED) is 0.923. The summed E-state index contributed by atoms with van der Waals surface area (Å²) in [6.07, 6.45) is 0. The first-order chi connectivity index (χ1) is 8.25. The van der Waals surface area contributed by atoms with Crippen molar-refractivity contribution in [1.29, 1.82) is 0 Å². The normalized spacial score (nSPS) is 19.9. The molecule has 1 saturated heterocycles. The van der Waals surface area contributed by atoms with Gasteiger partial charge in [-0.3, -0.25) is 4.79 Å². The Balaban J connectivity index is 1.84. The van der Waals surface area contributed by atoms with Crippen LogP contribution >= 0.6 is 39.5 Å². The van der Waals surface area contributed by atoms with Crippen LogP contribution in [0.15, 0.2) is 28.7 Å². The molecule has 2 nitrogen and oxygen atoms in total. The molecule has 17 heavy (non-hydrogen) atoms. The van der Waals surface area contributed by atoms with E-state index in [4.69, 9.17) is 0 Å². The van der Waals surface area contributed by atoms with Crippen LogP contribution in [0.5, 0.6) is 0 Å². The average molecular weight is 332 g/mol. The molecule has 1 unspecified atom stereocenters. The molecule has 1 atom stereocenters. The summed E-state index contributed by atoms with van der Waals surface area (Å²) in [5.74, 6) is 3.59. The molecule has 1 heterocycles. The molecular weight excluding hydrogens is 318 g/mol. The predicted octanol–water partition coefficient (Wildman–Crippen LogP) is 3.03. The van der Waals surface area contributed by atoms with Gasteiger partial charge in [-0.2, -0.15) is 23.5 Å². The molecule has 1 fully saturated rings. The summed E-state index contributed by atoms with van der Waals surface area (Å²) in [5.41, 5.74) is 0.716. The van der Waals surface area contributed by atoms with Crippen LogP contribution in [0.25, 0.3) is 0 Å². The number of carbonyl (C=O) groups excluding carboxylic acids is 1. The molecule has 2 rings (SSSR count). The maximum atomic E-state index is 11.9. The van der Waals surface area contributed by atoms with Crippen LogP contribution in [-0.2, 0) is 0 Å². The zero-order valence-corrected chi connectivity index (χ0v) is 12.5. The van der Waals surface area contributed by atoms with Crippen LogP contribution in [0.4, 0.5) is 0 Å². The van der Waals surface area contributed by atoms with Gasteiger partial charge < -0.3 is 5.32 Å². The Morgan fingerprint density at radius 1 is 1.47 bits per heavy atom. The second-order valence-electron chi connectivity index (χ2n) is 3.79. The monoisotopic (exact) mass is 331 g/mol. The molecule has 1 N–H and O–H groups in total. The SMILES string of the molecule is O=C(NCC1CSCCS1)c1cccc(Br)c1. The summed E-state index contributed by atoms with van der Waals surface area (Å²) in [6.45, 7) is 0.767. The van der Waals surface area contributed by atoms with Crippen molar-refractivity contribution < 1.29 is 4.79 Å². The maximum Gasteiger partial charge on any atom is 0.251 e. The molecule has 0 spiro atoms. The maximum absolute atomic E-state index is 11.9. The molecule has 1 aromatic rings. The van der Waals surface area contributed by atoms with E-state index < -0.39 is 0 Å². The van der Waals surface area contributed by atoms with Gasteiger partial charge in [0.25, 0.3) is 5.91 Å². The lowest BCUT2D eigenvalue weighted by Gasteiger charge is -2.21. The Hall–Kier alpha value is -0.130. The minimum Gasteiger partial charge on any atom is -0.351 e. The highest BCUT2D eigenvalue weighted by molar-refractivity contribution is 9.10. The third kappa shape index (κ3) is 4.23. The molecule has 92 valence electrons. The van der Waals surface area contributed by atoms with Crippen molar-refractivity contribution in [1.82, 2.24) is 5.32 Å². The van der Waals surface area contributed by atoms with E-state index in [1.54, 1.807) is 0 Å². The molecule has 5 heteroatoms. The van der Waals surface area contributed by atoms with Crippen molar-refractivity contribution in [3.63, 3.8) is 0 Å². The van der Waals surface area contributed by atoms with E-state index in [9.17, 15) is 4.79 Å². The third-order valence-corrected chi connectivity index (χ3v) is 5.80. The van der Waals surface area contributed by atoms with Gasteiger partial charge in [-0.1, -0.05) is 22.0 Å². The van der Waals surface area contributed by atoms with Gasteiger partial charge in [-0.05, 0) is 18.2 Å². The highest BCUT2D eigenvalue weighted by atomic mass is 79.9. The van der Waals surface area contributed by atoms with Crippen LogP contribution in [0.1, 0.15) is 10.4 Å². The van der Waals surface area contributed by atoms with Crippen molar-refractivity contribution in [2.75, 3.05) is 23.8 Å². The van der Waals surface area contributed by atoms with Gasteiger partial charge in [0.2, 0.25) is 0 Å². The Morgan fingerprint density at radius 2 is 2.35 bits per heavy atom. The molecule has 1 aliphatic rings. The molecule has 0 saturated carbocycles. The fourth-order valence-corrected chi connectivity index (χ4v) is 4.60. The fourth-order valence-electron chi connectivity index (χ4n) is 1.59. The molecule has 0 aromatic heterocycles. The minimum atomic E-state index is 0.0162. The Morgan fingerprint density at radius 3 is 3.06 bits per heavy atom. The van der Waals surface area contributed by atoms with Crippen molar-refractivity contribution in [2.45, 2.75) is 5.25 Å².